The molecule has 1 aromatic heterocycles. The molecule has 0 saturated heterocycles. The minimum Gasteiger partial charge on any atom is -0.459 e. The predicted molar refractivity (Wildman–Crippen MR) is 90.2 cm³/mol. The van der Waals surface area contributed by atoms with Crippen molar-refractivity contribution in [3.05, 3.63) is 54.0 Å². The average Bonchev–Trinajstić information content (AvgIpc) is 3.04. The zero-order valence-corrected chi connectivity index (χ0v) is 14.8. The molecule has 0 aliphatic rings. The molecule has 0 aliphatic heterocycles. The topological polar surface area (TPSA) is 118 Å². The van der Waals surface area contributed by atoms with Crippen molar-refractivity contribution in [1.82, 2.24) is 15.6 Å². The summed E-state index contributed by atoms with van der Waals surface area (Å²) in [7, 11) is -3.77. The van der Waals surface area contributed by atoms with Gasteiger partial charge in [-0.1, -0.05) is 6.07 Å². The summed E-state index contributed by atoms with van der Waals surface area (Å²) in [4.78, 5) is 23.8. The van der Waals surface area contributed by atoms with Gasteiger partial charge in [0.05, 0.1) is 11.2 Å². The Morgan fingerprint density at radius 2 is 1.68 bits per heavy atom. The van der Waals surface area contributed by atoms with Crippen LogP contribution in [0.2, 0.25) is 0 Å². The summed E-state index contributed by atoms with van der Waals surface area (Å²) in [5.41, 5.74) is 3.80. The Morgan fingerprint density at radius 3 is 2.28 bits per heavy atom. The fourth-order valence-electron chi connectivity index (χ4n) is 1.92. The van der Waals surface area contributed by atoms with Crippen LogP contribution in [0, 0.1) is 0 Å². The predicted octanol–water partition coefficient (Wildman–Crippen LogP) is 1.43. The highest BCUT2D eigenvalue weighted by Gasteiger charge is 2.23. The summed E-state index contributed by atoms with van der Waals surface area (Å²) in [6, 6.07) is 8.46. The molecule has 0 saturated carbocycles. The van der Waals surface area contributed by atoms with E-state index in [9.17, 15) is 18.0 Å². The molecule has 0 atom stereocenters. The molecule has 0 unspecified atom stereocenters. The van der Waals surface area contributed by atoms with Crippen LogP contribution in [0.15, 0.2) is 52.0 Å². The molecule has 0 bridgehead atoms. The number of furan rings is 1. The fraction of sp³-hybridized carbons (Fsp3) is 0.250. The Labute approximate surface area is 145 Å². The van der Waals surface area contributed by atoms with E-state index in [0.29, 0.717) is 0 Å². The van der Waals surface area contributed by atoms with Crippen LogP contribution in [0.25, 0.3) is 0 Å². The summed E-state index contributed by atoms with van der Waals surface area (Å²) >= 11 is 0. The van der Waals surface area contributed by atoms with Gasteiger partial charge in [-0.15, -0.1) is 0 Å². The largest absolute Gasteiger partial charge is 0.459 e. The van der Waals surface area contributed by atoms with Gasteiger partial charge < -0.3 is 4.42 Å². The van der Waals surface area contributed by atoms with Gasteiger partial charge in [-0.2, -0.15) is 0 Å². The smallest absolute Gasteiger partial charge is 0.305 e. The molecule has 0 radical (unpaired) electrons. The Bertz CT molecular complexity index is 867. The number of carbonyl (C=O) groups is 2. The first-order valence-electron chi connectivity index (χ1n) is 7.37. The molecule has 9 heteroatoms. The fourth-order valence-corrected chi connectivity index (χ4v) is 3.39. The third kappa shape index (κ3) is 5.16. The van der Waals surface area contributed by atoms with Crippen LogP contribution < -0.4 is 15.6 Å². The molecule has 1 heterocycles. The van der Waals surface area contributed by atoms with Gasteiger partial charge in [0.25, 0.3) is 5.91 Å². The molecule has 1 aromatic carbocycles. The van der Waals surface area contributed by atoms with Crippen molar-refractivity contribution in [1.29, 1.82) is 0 Å². The second kappa shape index (κ2) is 7.08. The number of sulfonamides is 1. The van der Waals surface area contributed by atoms with Crippen molar-refractivity contribution in [2.75, 3.05) is 0 Å². The van der Waals surface area contributed by atoms with Crippen molar-refractivity contribution in [2.45, 2.75) is 31.2 Å². The first kappa shape index (κ1) is 18.7. The van der Waals surface area contributed by atoms with E-state index in [2.05, 4.69) is 15.6 Å². The number of hydrazine groups is 1. The Kier molecular flexibility index (Phi) is 5.29. The summed E-state index contributed by atoms with van der Waals surface area (Å²) in [5, 5.41) is 0. The summed E-state index contributed by atoms with van der Waals surface area (Å²) < 4.78 is 32.0. The third-order valence-electron chi connectivity index (χ3n) is 2.88. The van der Waals surface area contributed by atoms with Crippen LogP contribution in [0.1, 0.15) is 41.7 Å². The van der Waals surface area contributed by atoms with Crippen LogP contribution in [0.4, 0.5) is 0 Å². The maximum absolute atomic E-state index is 12.3. The summed E-state index contributed by atoms with van der Waals surface area (Å²) in [5.74, 6) is -1.25. The molecule has 3 N–H and O–H groups in total. The maximum Gasteiger partial charge on any atom is 0.305 e. The first-order chi connectivity index (χ1) is 11.6. The van der Waals surface area contributed by atoms with Crippen LogP contribution >= 0.6 is 0 Å². The Morgan fingerprint density at radius 1 is 1.00 bits per heavy atom. The lowest BCUT2D eigenvalue weighted by atomic mass is 10.1. The lowest BCUT2D eigenvalue weighted by molar-refractivity contribution is 0.0831. The lowest BCUT2D eigenvalue weighted by Gasteiger charge is -2.20. The molecule has 2 rings (SSSR count). The van der Waals surface area contributed by atoms with E-state index < -0.39 is 27.4 Å². The molecular formula is C16H19N3O5S. The second-order valence-electron chi connectivity index (χ2n) is 6.27. The van der Waals surface area contributed by atoms with Crippen molar-refractivity contribution < 1.29 is 22.4 Å². The quantitative estimate of drug-likeness (QED) is 0.709. The van der Waals surface area contributed by atoms with Gasteiger partial charge in [-0.3, -0.25) is 20.4 Å². The average molecular weight is 365 g/mol. The zero-order valence-electron chi connectivity index (χ0n) is 14.0. The highest BCUT2D eigenvalue weighted by molar-refractivity contribution is 7.89. The minimum atomic E-state index is -3.77. The van der Waals surface area contributed by atoms with Crippen molar-refractivity contribution >= 4 is 21.8 Å². The van der Waals surface area contributed by atoms with E-state index >= 15 is 0 Å². The van der Waals surface area contributed by atoms with E-state index in [1.54, 1.807) is 20.8 Å². The van der Waals surface area contributed by atoms with Crippen molar-refractivity contribution in [2.24, 2.45) is 0 Å². The molecule has 0 spiro atoms. The molecule has 0 fully saturated rings. The third-order valence-corrected chi connectivity index (χ3v) is 4.64. The second-order valence-corrected chi connectivity index (χ2v) is 7.95. The van der Waals surface area contributed by atoms with E-state index in [-0.39, 0.29) is 16.2 Å². The molecule has 0 aliphatic carbocycles. The summed E-state index contributed by atoms with van der Waals surface area (Å²) in [6.45, 7) is 5.14. The van der Waals surface area contributed by atoms with Gasteiger partial charge in [0.1, 0.15) is 0 Å². The summed E-state index contributed by atoms with van der Waals surface area (Å²) in [6.07, 6.45) is 1.33. The number of hydrogen-bond acceptors (Lipinski definition) is 5. The Balaban J connectivity index is 2.10. The van der Waals surface area contributed by atoms with Crippen LogP contribution in [0.3, 0.4) is 0 Å². The lowest BCUT2D eigenvalue weighted by Crippen LogP contribution is -2.42. The van der Waals surface area contributed by atoms with E-state index in [1.165, 1.54) is 42.7 Å². The highest BCUT2D eigenvalue weighted by Crippen LogP contribution is 2.14. The van der Waals surface area contributed by atoms with Gasteiger partial charge in [0.2, 0.25) is 10.0 Å². The van der Waals surface area contributed by atoms with E-state index in [4.69, 9.17) is 4.42 Å². The molecular weight excluding hydrogens is 346 g/mol. The number of amides is 2. The van der Waals surface area contributed by atoms with Crippen molar-refractivity contribution in [3.63, 3.8) is 0 Å². The Hall–Kier alpha value is -2.65. The number of benzene rings is 1. The van der Waals surface area contributed by atoms with Crippen molar-refractivity contribution in [3.8, 4) is 0 Å². The van der Waals surface area contributed by atoms with Gasteiger partial charge in [0, 0.05) is 11.1 Å². The molecule has 25 heavy (non-hydrogen) atoms. The van der Waals surface area contributed by atoms with Gasteiger partial charge in [-0.05, 0) is 51.1 Å². The molecule has 134 valence electrons. The molecule has 2 amide bonds. The van der Waals surface area contributed by atoms with Gasteiger partial charge >= 0.3 is 5.91 Å². The highest BCUT2D eigenvalue weighted by atomic mass is 32.2. The SMILES string of the molecule is CC(C)(C)NS(=O)(=O)c1cccc(C(=O)NNC(=O)c2ccco2)c1. The molecule has 8 nitrogen and oxygen atoms in total. The van der Waals surface area contributed by atoms with E-state index in [0.717, 1.165) is 0 Å². The number of rotatable bonds is 4. The normalized spacial score (nSPS) is 11.8. The van der Waals surface area contributed by atoms with Crippen LogP contribution in [-0.4, -0.2) is 25.8 Å². The number of hydrogen-bond donors (Lipinski definition) is 3. The first-order valence-corrected chi connectivity index (χ1v) is 8.85. The standard InChI is InChI=1S/C16H19N3O5S/c1-16(2,3)19-25(22,23)12-7-4-6-11(10-12)14(20)17-18-15(21)13-8-5-9-24-13/h4-10,19H,1-3H3,(H,17,20)(H,18,21). The van der Waals surface area contributed by atoms with Gasteiger partial charge in [-0.25, -0.2) is 13.1 Å². The monoisotopic (exact) mass is 365 g/mol. The maximum atomic E-state index is 12.3. The number of nitrogens with one attached hydrogen (secondary N) is 3. The zero-order chi connectivity index (χ0) is 18.7. The minimum absolute atomic E-state index is 0.0333. The molecule has 2 aromatic rings. The van der Waals surface area contributed by atoms with E-state index in [1.807, 2.05) is 0 Å². The van der Waals surface area contributed by atoms with Gasteiger partial charge in [0.15, 0.2) is 5.76 Å². The number of carbonyl (C=O) groups excluding carboxylic acids is 2. The van der Waals surface area contributed by atoms with Crippen LogP contribution in [-0.2, 0) is 10.0 Å². The van der Waals surface area contributed by atoms with Crippen LogP contribution in [0.5, 0.6) is 0 Å².